The Kier molecular flexibility index (Phi) is 5.36. The molecule has 0 radical (unpaired) electrons. The molecule has 0 aliphatic carbocycles. The molecule has 0 unspecified atom stereocenters. The summed E-state index contributed by atoms with van der Waals surface area (Å²) in [6.07, 6.45) is 3.50. The Morgan fingerprint density at radius 2 is 1.07 bits per heavy atom. The van der Waals surface area contributed by atoms with Crippen LogP contribution in [-0.2, 0) is 0 Å². The Hall–Kier alpha value is -6.21. The molecule has 5 aromatic carbocycles. The van der Waals surface area contributed by atoms with E-state index in [0.29, 0.717) is 17.6 Å². The van der Waals surface area contributed by atoms with Gasteiger partial charge in [0.05, 0.1) is 33.8 Å². The maximum absolute atomic E-state index is 5.09. The van der Waals surface area contributed by atoms with Crippen molar-refractivity contribution in [3.8, 4) is 34.4 Å². The average Bonchev–Trinajstić information content (AvgIpc) is 3.60. The molecule has 0 aliphatic heterocycles. The van der Waals surface area contributed by atoms with Gasteiger partial charge in [0.1, 0.15) is 6.33 Å². The number of fused-ring (bicyclic) bond motifs is 6. The molecule has 9 aromatic rings. The second-order valence-corrected chi connectivity index (χ2v) is 10.7. The van der Waals surface area contributed by atoms with E-state index in [1.54, 1.807) is 6.33 Å². The highest BCUT2D eigenvalue weighted by Crippen LogP contribution is 2.38. The molecule has 44 heavy (non-hydrogen) atoms. The van der Waals surface area contributed by atoms with E-state index in [9.17, 15) is 0 Å². The Balaban J connectivity index is 1.41. The van der Waals surface area contributed by atoms with Crippen molar-refractivity contribution in [1.82, 2.24) is 34.1 Å². The zero-order valence-electron chi connectivity index (χ0n) is 23.4. The number of hydrogen-bond donors (Lipinski definition) is 0. The summed E-state index contributed by atoms with van der Waals surface area (Å²) in [5.74, 6) is 1.80. The molecule has 0 saturated carbocycles. The fourth-order valence-electron chi connectivity index (χ4n) is 6.17. The van der Waals surface area contributed by atoms with Gasteiger partial charge >= 0.3 is 0 Å². The molecule has 7 nitrogen and oxygen atoms in total. The molecule has 9 rings (SSSR count). The van der Waals surface area contributed by atoms with Gasteiger partial charge in [-0.05, 0) is 30.3 Å². The molecular formula is C37H23N7. The molecule has 4 heterocycles. The van der Waals surface area contributed by atoms with Gasteiger partial charge in [0.25, 0.3) is 0 Å². The van der Waals surface area contributed by atoms with Crippen molar-refractivity contribution in [3.05, 3.63) is 140 Å². The van der Waals surface area contributed by atoms with Crippen molar-refractivity contribution in [1.29, 1.82) is 0 Å². The lowest BCUT2D eigenvalue weighted by Gasteiger charge is -2.11. The van der Waals surface area contributed by atoms with E-state index in [-0.39, 0.29) is 0 Å². The van der Waals surface area contributed by atoms with Gasteiger partial charge in [0.2, 0.25) is 5.95 Å². The Labute approximate surface area is 251 Å². The Bertz CT molecular complexity index is 2420. The van der Waals surface area contributed by atoms with Gasteiger partial charge in [-0.25, -0.2) is 15.0 Å². The van der Waals surface area contributed by atoms with E-state index in [1.807, 2.05) is 85.1 Å². The Morgan fingerprint density at radius 1 is 0.455 bits per heavy atom. The zero-order valence-corrected chi connectivity index (χ0v) is 23.4. The number of benzene rings is 5. The first kappa shape index (κ1) is 24.4. The maximum Gasteiger partial charge on any atom is 0.238 e. The summed E-state index contributed by atoms with van der Waals surface area (Å²) in [5, 5.41) is 3.27. The lowest BCUT2D eigenvalue weighted by Crippen LogP contribution is -2.06. The average molecular weight is 566 g/mol. The molecule has 4 aromatic heterocycles. The molecule has 0 amide bonds. The maximum atomic E-state index is 5.09. The molecule has 0 N–H and O–H groups in total. The van der Waals surface area contributed by atoms with Crippen LogP contribution in [0.1, 0.15) is 0 Å². The number of para-hydroxylation sites is 2. The van der Waals surface area contributed by atoms with Crippen LogP contribution in [0.3, 0.4) is 0 Å². The highest BCUT2D eigenvalue weighted by Gasteiger charge is 2.21. The predicted molar refractivity (Wildman–Crippen MR) is 175 cm³/mol. The standard InChI is InChI=1S/C37H23N7/c1-4-12-24(13-5-1)35-40-36(25-14-6-2-7-15-25)42-37(41-35)44-30-19-11-10-18-27(30)28-20-29-32(21-31(28)44)43(26-16-8-3-9-17-26)33-22-38-23-39-34(29)33/h1-23H. The summed E-state index contributed by atoms with van der Waals surface area (Å²) < 4.78 is 4.38. The van der Waals surface area contributed by atoms with E-state index in [0.717, 1.165) is 60.6 Å². The third-order valence-electron chi connectivity index (χ3n) is 8.12. The molecule has 0 fully saturated rings. The Morgan fingerprint density at radius 3 is 1.77 bits per heavy atom. The lowest BCUT2D eigenvalue weighted by atomic mass is 10.1. The van der Waals surface area contributed by atoms with E-state index in [4.69, 9.17) is 19.9 Å². The highest BCUT2D eigenvalue weighted by molar-refractivity contribution is 6.18. The van der Waals surface area contributed by atoms with E-state index in [1.165, 1.54) is 0 Å². The van der Waals surface area contributed by atoms with Crippen LogP contribution in [0.25, 0.3) is 78.2 Å². The van der Waals surface area contributed by atoms with Gasteiger partial charge in [-0.3, -0.25) is 4.57 Å². The van der Waals surface area contributed by atoms with Gasteiger partial charge in [-0.2, -0.15) is 9.97 Å². The summed E-state index contributed by atoms with van der Waals surface area (Å²) >= 11 is 0. The molecular weight excluding hydrogens is 542 g/mol. The van der Waals surface area contributed by atoms with Crippen LogP contribution >= 0.6 is 0 Å². The summed E-state index contributed by atoms with van der Waals surface area (Å²) in [5.41, 5.74) is 7.82. The van der Waals surface area contributed by atoms with Crippen molar-refractivity contribution >= 4 is 43.7 Å². The smallest absolute Gasteiger partial charge is 0.238 e. The number of hydrogen-bond acceptors (Lipinski definition) is 5. The van der Waals surface area contributed by atoms with Crippen molar-refractivity contribution < 1.29 is 0 Å². The second-order valence-electron chi connectivity index (χ2n) is 10.7. The fraction of sp³-hybridized carbons (Fsp3) is 0. The first-order chi connectivity index (χ1) is 21.8. The number of aromatic nitrogens is 7. The van der Waals surface area contributed by atoms with Crippen LogP contribution in [0.4, 0.5) is 0 Å². The molecule has 0 atom stereocenters. The van der Waals surface area contributed by atoms with Crippen LogP contribution < -0.4 is 0 Å². The molecule has 0 bridgehead atoms. The molecule has 7 heteroatoms. The lowest BCUT2D eigenvalue weighted by molar-refractivity contribution is 0.953. The minimum atomic E-state index is 0.561. The van der Waals surface area contributed by atoms with Crippen LogP contribution in [0.15, 0.2) is 140 Å². The first-order valence-corrected chi connectivity index (χ1v) is 14.4. The van der Waals surface area contributed by atoms with Crippen LogP contribution in [0.2, 0.25) is 0 Å². The largest absolute Gasteiger partial charge is 0.306 e. The third kappa shape index (κ3) is 3.73. The van der Waals surface area contributed by atoms with Crippen LogP contribution in [0, 0.1) is 0 Å². The minimum absolute atomic E-state index is 0.561. The number of nitrogens with zero attached hydrogens (tertiary/aromatic N) is 7. The SMILES string of the molecule is c1ccc(-c2nc(-c3ccccc3)nc(-n3c4ccccc4c4cc5c6ncncc6n(-c6ccccc6)c5cc43)n2)cc1. The minimum Gasteiger partial charge on any atom is -0.306 e. The predicted octanol–water partition coefficient (Wildman–Crippen LogP) is 8.19. The van der Waals surface area contributed by atoms with Crippen LogP contribution in [-0.4, -0.2) is 34.1 Å². The second kappa shape index (κ2) is 9.68. The van der Waals surface area contributed by atoms with E-state index in [2.05, 4.69) is 62.6 Å². The van der Waals surface area contributed by atoms with Crippen LogP contribution in [0.5, 0.6) is 0 Å². The van der Waals surface area contributed by atoms with Gasteiger partial charge in [-0.1, -0.05) is 97.1 Å². The quantitative estimate of drug-likeness (QED) is 0.215. The monoisotopic (exact) mass is 565 g/mol. The molecule has 206 valence electrons. The van der Waals surface area contributed by atoms with Crippen molar-refractivity contribution in [2.24, 2.45) is 0 Å². The van der Waals surface area contributed by atoms with E-state index >= 15 is 0 Å². The van der Waals surface area contributed by atoms with Gasteiger partial charge in [-0.15, -0.1) is 0 Å². The van der Waals surface area contributed by atoms with Crippen molar-refractivity contribution in [2.75, 3.05) is 0 Å². The van der Waals surface area contributed by atoms with Gasteiger partial charge in [0, 0.05) is 33.0 Å². The fourth-order valence-corrected chi connectivity index (χ4v) is 6.17. The van der Waals surface area contributed by atoms with E-state index < -0.39 is 0 Å². The van der Waals surface area contributed by atoms with Gasteiger partial charge in [0.15, 0.2) is 11.6 Å². The summed E-state index contributed by atoms with van der Waals surface area (Å²) in [7, 11) is 0. The normalized spacial score (nSPS) is 11.6. The van der Waals surface area contributed by atoms with Crippen molar-refractivity contribution in [2.45, 2.75) is 0 Å². The first-order valence-electron chi connectivity index (χ1n) is 14.4. The van der Waals surface area contributed by atoms with Gasteiger partial charge < -0.3 is 4.57 Å². The number of rotatable bonds is 4. The summed E-state index contributed by atoms with van der Waals surface area (Å²) in [6, 6.07) is 43.4. The molecule has 0 aliphatic rings. The summed E-state index contributed by atoms with van der Waals surface area (Å²) in [6.45, 7) is 0. The molecule has 0 spiro atoms. The highest BCUT2D eigenvalue weighted by atomic mass is 15.2. The summed E-state index contributed by atoms with van der Waals surface area (Å²) in [4.78, 5) is 24.2. The third-order valence-corrected chi connectivity index (χ3v) is 8.12. The topological polar surface area (TPSA) is 74.3 Å². The van der Waals surface area contributed by atoms with Crippen molar-refractivity contribution in [3.63, 3.8) is 0 Å². The molecule has 0 saturated heterocycles. The zero-order chi connectivity index (χ0) is 29.0.